The van der Waals surface area contributed by atoms with E-state index in [1.165, 1.54) is 12.1 Å². The summed E-state index contributed by atoms with van der Waals surface area (Å²) >= 11 is 0. The molecule has 1 aromatic carbocycles. The van der Waals surface area contributed by atoms with Gasteiger partial charge in [-0.1, -0.05) is 0 Å². The van der Waals surface area contributed by atoms with Crippen LogP contribution in [0.5, 0.6) is 0 Å². The van der Waals surface area contributed by atoms with Gasteiger partial charge in [-0.2, -0.15) is 0 Å². The minimum absolute atomic E-state index is 0.110. The summed E-state index contributed by atoms with van der Waals surface area (Å²) in [4.78, 5) is 9.99. The Morgan fingerprint density at radius 3 is 2.62 bits per heavy atom. The second-order valence-electron chi connectivity index (χ2n) is 2.63. The number of benzene rings is 1. The van der Waals surface area contributed by atoms with Gasteiger partial charge in [0.05, 0.1) is 10.6 Å². The molecule has 70 valence electrons. The highest BCUT2D eigenvalue weighted by Gasteiger charge is 2.06. The Balaban J connectivity index is 2.98. The Kier molecular flexibility index (Phi) is 2.81. The van der Waals surface area contributed by atoms with Gasteiger partial charge in [0, 0.05) is 19.2 Å². The second kappa shape index (κ2) is 3.86. The Morgan fingerprint density at radius 1 is 1.46 bits per heavy atom. The van der Waals surface area contributed by atoms with Gasteiger partial charge in [0.25, 0.3) is 5.69 Å². The van der Waals surface area contributed by atoms with Gasteiger partial charge in [-0.05, 0) is 18.6 Å². The summed E-state index contributed by atoms with van der Waals surface area (Å²) < 4.78 is 0. The zero-order chi connectivity index (χ0) is 9.84. The predicted octanol–water partition coefficient (Wildman–Crippen LogP) is 1.45. The minimum atomic E-state index is -0.407. The first kappa shape index (κ1) is 9.47. The monoisotopic (exact) mass is 181 g/mol. The largest absolute Gasteiger partial charge is 0.321 e. The van der Waals surface area contributed by atoms with E-state index in [1.54, 1.807) is 13.1 Å². The third-order valence-corrected chi connectivity index (χ3v) is 1.68. The number of anilines is 1. The molecule has 0 aliphatic heterocycles. The van der Waals surface area contributed by atoms with Crippen LogP contribution in [0, 0.1) is 17.0 Å². The number of nitro benzene ring substituents is 1. The summed E-state index contributed by atoms with van der Waals surface area (Å²) in [5.74, 6) is 0. The lowest BCUT2D eigenvalue weighted by Crippen LogP contribution is -2.15. The van der Waals surface area contributed by atoms with Crippen LogP contribution in [0.2, 0.25) is 0 Å². The van der Waals surface area contributed by atoms with E-state index in [-0.39, 0.29) is 5.69 Å². The van der Waals surface area contributed by atoms with Crippen molar-refractivity contribution in [2.45, 2.75) is 6.92 Å². The van der Waals surface area contributed by atoms with Gasteiger partial charge < -0.3 is 5.43 Å². The third kappa shape index (κ3) is 2.16. The van der Waals surface area contributed by atoms with E-state index in [2.05, 4.69) is 10.9 Å². The Morgan fingerprint density at radius 2 is 2.15 bits per heavy atom. The first-order valence-corrected chi connectivity index (χ1v) is 3.83. The summed E-state index contributed by atoms with van der Waals surface area (Å²) in [7, 11) is 1.74. The molecular formula is C8H11N3O2. The molecule has 0 aliphatic rings. The highest BCUT2D eigenvalue weighted by atomic mass is 16.6. The van der Waals surface area contributed by atoms with Gasteiger partial charge in [-0.15, -0.1) is 0 Å². The molecule has 0 saturated heterocycles. The SMILES string of the molecule is CNNc1ccc([N+](=O)[O-])cc1C. The van der Waals surface area contributed by atoms with Gasteiger partial charge in [-0.25, -0.2) is 5.43 Å². The van der Waals surface area contributed by atoms with Crippen LogP contribution in [0.1, 0.15) is 5.56 Å². The Hall–Kier alpha value is -1.62. The molecule has 13 heavy (non-hydrogen) atoms. The maximum absolute atomic E-state index is 10.4. The van der Waals surface area contributed by atoms with Gasteiger partial charge in [-0.3, -0.25) is 10.1 Å². The molecule has 0 atom stereocenters. The third-order valence-electron chi connectivity index (χ3n) is 1.68. The van der Waals surface area contributed by atoms with E-state index in [0.29, 0.717) is 0 Å². The molecule has 2 N–H and O–H groups in total. The van der Waals surface area contributed by atoms with Crippen molar-refractivity contribution in [1.29, 1.82) is 0 Å². The summed E-state index contributed by atoms with van der Waals surface area (Å²) in [6, 6.07) is 4.66. The standard InChI is InChI=1S/C8H11N3O2/c1-6-5-7(11(12)13)3-4-8(6)10-9-2/h3-5,9-10H,1-2H3. The van der Waals surface area contributed by atoms with Gasteiger partial charge >= 0.3 is 0 Å². The van der Waals surface area contributed by atoms with Crippen LogP contribution in [-0.4, -0.2) is 12.0 Å². The van der Waals surface area contributed by atoms with Crippen LogP contribution in [0.25, 0.3) is 0 Å². The molecule has 5 nitrogen and oxygen atoms in total. The van der Waals surface area contributed by atoms with Crippen molar-refractivity contribution < 1.29 is 4.92 Å². The lowest BCUT2D eigenvalue weighted by atomic mass is 10.2. The number of nitrogens with one attached hydrogen (secondary N) is 2. The average molecular weight is 181 g/mol. The molecule has 0 saturated carbocycles. The molecule has 1 rings (SSSR count). The van der Waals surface area contributed by atoms with E-state index in [1.807, 2.05) is 6.92 Å². The molecule has 0 spiro atoms. The number of hydrogen-bond acceptors (Lipinski definition) is 4. The second-order valence-corrected chi connectivity index (χ2v) is 2.63. The van der Waals surface area contributed by atoms with Crippen molar-refractivity contribution in [3.05, 3.63) is 33.9 Å². The van der Waals surface area contributed by atoms with E-state index in [9.17, 15) is 10.1 Å². The Labute approximate surface area is 75.9 Å². The molecule has 0 radical (unpaired) electrons. The van der Waals surface area contributed by atoms with Crippen LogP contribution in [-0.2, 0) is 0 Å². The fourth-order valence-electron chi connectivity index (χ4n) is 1.04. The molecule has 0 heterocycles. The highest BCUT2D eigenvalue weighted by molar-refractivity contribution is 5.54. The average Bonchev–Trinajstić information content (AvgIpc) is 2.08. The summed E-state index contributed by atoms with van der Waals surface area (Å²) in [5, 5.41) is 10.4. The molecule has 0 amide bonds. The topological polar surface area (TPSA) is 67.2 Å². The lowest BCUT2D eigenvalue weighted by Gasteiger charge is -2.06. The summed E-state index contributed by atoms with van der Waals surface area (Å²) in [5.41, 5.74) is 7.41. The van der Waals surface area contributed by atoms with E-state index in [4.69, 9.17) is 0 Å². The molecule has 0 bridgehead atoms. The lowest BCUT2D eigenvalue weighted by molar-refractivity contribution is -0.384. The van der Waals surface area contributed by atoms with Crippen LogP contribution < -0.4 is 10.9 Å². The maximum Gasteiger partial charge on any atom is 0.269 e. The predicted molar refractivity (Wildman–Crippen MR) is 50.5 cm³/mol. The van der Waals surface area contributed by atoms with E-state index >= 15 is 0 Å². The van der Waals surface area contributed by atoms with Crippen LogP contribution >= 0.6 is 0 Å². The van der Waals surface area contributed by atoms with Crippen molar-refractivity contribution in [2.75, 3.05) is 12.5 Å². The normalized spacial score (nSPS) is 9.69. The zero-order valence-corrected chi connectivity index (χ0v) is 7.50. The highest BCUT2D eigenvalue weighted by Crippen LogP contribution is 2.20. The van der Waals surface area contributed by atoms with Crippen molar-refractivity contribution in [3.8, 4) is 0 Å². The molecule has 0 aliphatic carbocycles. The van der Waals surface area contributed by atoms with E-state index in [0.717, 1.165) is 11.3 Å². The number of hydrazine groups is 1. The zero-order valence-electron chi connectivity index (χ0n) is 7.50. The maximum atomic E-state index is 10.4. The first-order chi connectivity index (χ1) is 6.15. The number of rotatable bonds is 3. The number of aryl methyl sites for hydroxylation is 1. The molecule has 0 fully saturated rings. The van der Waals surface area contributed by atoms with E-state index < -0.39 is 4.92 Å². The number of nitro groups is 1. The number of non-ortho nitro benzene ring substituents is 1. The quantitative estimate of drug-likeness (QED) is 0.547. The van der Waals surface area contributed by atoms with Gasteiger partial charge in [0.15, 0.2) is 0 Å². The molecule has 1 aromatic rings. The van der Waals surface area contributed by atoms with Crippen molar-refractivity contribution in [2.24, 2.45) is 0 Å². The molecule has 5 heteroatoms. The fraction of sp³-hybridized carbons (Fsp3) is 0.250. The fourth-order valence-corrected chi connectivity index (χ4v) is 1.04. The smallest absolute Gasteiger partial charge is 0.269 e. The Bertz CT molecular complexity index is 325. The van der Waals surface area contributed by atoms with Crippen LogP contribution in [0.4, 0.5) is 11.4 Å². The summed E-state index contributed by atoms with van der Waals surface area (Å²) in [6.07, 6.45) is 0. The molecular weight excluding hydrogens is 170 g/mol. The van der Waals surface area contributed by atoms with Crippen LogP contribution in [0.15, 0.2) is 18.2 Å². The van der Waals surface area contributed by atoms with Crippen LogP contribution in [0.3, 0.4) is 0 Å². The van der Waals surface area contributed by atoms with Crippen molar-refractivity contribution in [1.82, 2.24) is 5.43 Å². The van der Waals surface area contributed by atoms with Gasteiger partial charge in [0.2, 0.25) is 0 Å². The molecule has 0 unspecified atom stereocenters. The summed E-state index contributed by atoms with van der Waals surface area (Å²) in [6.45, 7) is 1.81. The van der Waals surface area contributed by atoms with Gasteiger partial charge in [0.1, 0.15) is 0 Å². The number of hydrogen-bond donors (Lipinski definition) is 2. The van der Waals surface area contributed by atoms with Crippen molar-refractivity contribution >= 4 is 11.4 Å². The molecule has 0 aromatic heterocycles. The first-order valence-electron chi connectivity index (χ1n) is 3.83. The number of nitrogens with zero attached hydrogens (tertiary/aromatic N) is 1. The van der Waals surface area contributed by atoms with Crippen molar-refractivity contribution in [3.63, 3.8) is 0 Å². The minimum Gasteiger partial charge on any atom is -0.321 e.